The molecule has 5 rings (SSSR count). The van der Waals surface area contributed by atoms with Gasteiger partial charge >= 0.3 is 0 Å². The Balaban J connectivity index is 1.83. The quantitative estimate of drug-likeness (QED) is 0.117. The molecule has 2 amide bonds. The second-order valence-corrected chi connectivity index (χ2v) is 17.4. The Morgan fingerprint density at radius 3 is 1.04 bits per heavy atom. The van der Waals surface area contributed by atoms with Gasteiger partial charge in [0.15, 0.2) is 0 Å². The zero-order valence-electron chi connectivity index (χ0n) is 31.9. The number of carbonyl (C=O) groups is 2. The summed E-state index contributed by atoms with van der Waals surface area (Å²) in [6, 6.07) is 37.7. The highest BCUT2D eigenvalue weighted by molar-refractivity contribution is 6.05. The van der Waals surface area contributed by atoms with Gasteiger partial charge in [-0.05, 0) is 45.9 Å². The van der Waals surface area contributed by atoms with E-state index in [4.69, 9.17) is 5.73 Å². The molecule has 1 saturated carbocycles. The third-order valence-corrected chi connectivity index (χ3v) is 10.9. The Labute approximate surface area is 311 Å². The maximum atomic E-state index is 15.8. The van der Waals surface area contributed by atoms with Gasteiger partial charge in [-0.15, -0.1) is 0 Å². The average molecular weight is 703 g/mol. The number of hydrogen-bond donors (Lipinski definition) is 3. The molecular weight excluding hydrogens is 645 g/mol. The van der Waals surface area contributed by atoms with Gasteiger partial charge in [-0.25, -0.2) is 0 Å². The Hall–Kier alpha value is -4.26. The van der Waals surface area contributed by atoms with Crippen molar-refractivity contribution in [1.82, 2.24) is 4.90 Å². The van der Waals surface area contributed by atoms with Gasteiger partial charge in [0.1, 0.15) is 5.41 Å². The molecule has 2 atom stereocenters. The lowest BCUT2D eigenvalue weighted by Crippen LogP contribution is -2.74. The van der Waals surface area contributed by atoms with Crippen LogP contribution in [0.2, 0.25) is 0 Å². The van der Waals surface area contributed by atoms with E-state index < -0.39 is 51.3 Å². The largest absolute Gasteiger partial charge is 0.387 e. The second kappa shape index (κ2) is 15.4. The summed E-state index contributed by atoms with van der Waals surface area (Å²) in [5.74, 6) is -1.07. The van der Waals surface area contributed by atoms with Crippen molar-refractivity contribution in [2.24, 2.45) is 22.0 Å². The van der Waals surface area contributed by atoms with Crippen LogP contribution in [0.1, 0.15) is 83.1 Å². The first-order valence-corrected chi connectivity index (χ1v) is 18.7. The van der Waals surface area contributed by atoms with E-state index in [-0.39, 0.29) is 25.7 Å². The van der Waals surface area contributed by atoms with Gasteiger partial charge in [0, 0.05) is 25.7 Å². The molecule has 4 aromatic rings. The molecule has 0 spiro atoms. The summed E-state index contributed by atoms with van der Waals surface area (Å²) in [5, 5.41) is 27.2. The molecule has 4 aromatic carbocycles. The van der Waals surface area contributed by atoms with Crippen LogP contribution in [0.5, 0.6) is 0 Å². The van der Waals surface area contributed by atoms with Crippen LogP contribution in [0, 0.1) is 16.2 Å². The van der Waals surface area contributed by atoms with E-state index in [1.54, 1.807) is 4.90 Å². The van der Waals surface area contributed by atoms with Gasteiger partial charge in [0.2, 0.25) is 11.8 Å². The number of rotatable bonds is 14. The molecular formula is C46H58N2O4. The number of benzene rings is 4. The zero-order valence-corrected chi connectivity index (χ0v) is 31.9. The summed E-state index contributed by atoms with van der Waals surface area (Å²) in [4.78, 5) is 31.1. The highest BCUT2D eigenvalue weighted by Gasteiger charge is 2.62. The predicted octanol–water partition coefficient (Wildman–Crippen LogP) is 7.73. The Bertz CT molecular complexity index is 1560. The Morgan fingerprint density at radius 2 is 0.846 bits per heavy atom. The molecule has 6 nitrogen and oxygen atoms in total. The molecule has 4 N–H and O–H groups in total. The third-order valence-electron chi connectivity index (χ3n) is 10.9. The van der Waals surface area contributed by atoms with E-state index in [2.05, 4.69) is 0 Å². The summed E-state index contributed by atoms with van der Waals surface area (Å²) in [6.45, 7) is 12.3. The molecule has 0 bridgehead atoms. The van der Waals surface area contributed by atoms with Gasteiger partial charge in [-0.1, -0.05) is 169 Å². The maximum absolute atomic E-state index is 15.8. The molecule has 0 unspecified atom stereocenters. The molecule has 52 heavy (non-hydrogen) atoms. The minimum absolute atomic E-state index is 0.241. The SMILES string of the molecule is CC(C)(C)[C@@H](N(C(=O)C1(C(N)=O)CCC1)[C@H](C(C)(C)C)C(O)(Cc1ccccc1)Cc1ccccc1)C(O)(Cc1ccccc1)Cc1ccccc1. The fourth-order valence-corrected chi connectivity index (χ4v) is 9.00. The third kappa shape index (κ3) is 8.51. The van der Waals surface area contributed by atoms with E-state index in [1.165, 1.54) is 0 Å². The fraction of sp³-hybridized carbons (Fsp3) is 0.435. The molecule has 1 aliphatic rings. The number of nitrogens with two attached hydrogens (primary N) is 1. The van der Waals surface area contributed by atoms with Crippen molar-refractivity contribution in [1.29, 1.82) is 0 Å². The second-order valence-electron chi connectivity index (χ2n) is 17.4. The van der Waals surface area contributed by atoms with Crippen molar-refractivity contribution in [3.8, 4) is 0 Å². The van der Waals surface area contributed by atoms with Crippen LogP contribution in [0.4, 0.5) is 0 Å². The number of aliphatic hydroxyl groups is 2. The molecule has 0 radical (unpaired) electrons. The van der Waals surface area contributed by atoms with Crippen molar-refractivity contribution in [3.63, 3.8) is 0 Å². The molecule has 0 saturated heterocycles. The van der Waals surface area contributed by atoms with E-state index >= 15 is 4.79 Å². The first kappa shape index (κ1) is 39.0. The monoisotopic (exact) mass is 702 g/mol. The van der Waals surface area contributed by atoms with Crippen LogP contribution in [-0.4, -0.2) is 50.2 Å². The Morgan fingerprint density at radius 1 is 0.577 bits per heavy atom. The van der Waals surface area contributed by atoms with E-state index in [0.717, 1.165) is 22.3 Å². The molecule has 1 fully saturated rings. The number of carbonyl (C=O) groups excluding carboxylic acids is 2. The van der Waals surface area contributed by atoms with Crippen LogP contribution in [0.15, 0.2) is 121 Å². The Kier molecular flexibility index (Phi) is 11.5. The number of hydrogen-bond acceptors (Lipinski definition) is 4. The molecule has 0 aromatic heterocycles. The first-order chi connectivity index (χ1) is 24.5. The lowest BCUT2D eigenvalue weighted by Gasteiger charge is -2.60. The van der Waals surface area contributed by atoms with Crippen LogP contribution >= 0.6 is 0 Å². The summed E-state index contributed by atoms with van der Waals surface area (Å²) in [7, 11) is 0. The lowest BCUT2D eigenvalue weighted by molar-refractivity contribution is -0.194. The van der Waals surface area contributed by atoms with Gasteiger partial charge in [0.05, 0.1) is 23.3 Å². The lowest BCUT2D eigenvalue weighted by atomic mass is 9.62. The van der Waals surface area contributed by atoms with Crippen molar-refractivity contribution in [3.05, 3.63) is 144 Å². The summed E-state index contributed by atoms with van der Waals surface area (Å²) in [5.41, 5.74) is 3.90. The van der Waals surface area contributed by atoms with Crippen molar-refractivity contribution in [2.75, 3.05) is 0 Å². The van der Waals surface area contributed by atoms with Crippen molar-refractivity contribution < 1.29 is 19.8 Å². The molecule has 0 heterocycles. The normalized spacial score (nSPS) is 16.0. The van der Waals surface area contributed by atoms with Gasteiger partial charge in [-0.3, -0.25) is 9.59 Å². The van der Waals surface area contributed by atoms with Crippen LogP contribution in [0.25, 0.3) is 0 Å². The smallest absolute Gasteiger partial charge is 0.238 e. The molecule has 276 valence electrons. The number of nitrogens with zero attached hydrogens (tertiary/aromatic N) is 1. The van der Waals surface area contributed by atoms with Gasteiger partial charge in [0.25, 0.3) is 0 Å². The number of amides is 2. The van der Waals surface area contributed by atoms with Crippen molar-refractivity contribution in [2.45, 2.75) is 110 Å². The maximum Gasteiger partial charge on any atom is 0.238 e. The first-order valence-electron chi connectivity index (χ1n) is 18.7. The van der Waals surface area contributed by atoms with Crippen LogP contribution in [0.3, 0.4) is 0 Å². The van der Waals surface area contributed by atoms with Crippen molar-refractivity contribution >= 4 is 11.8 Å². The standard InChI is InChI=1S/C46H58N2O4/c1-42(2,3)38(45(51,30-34-20-11-7-12-21-34)31-35-22-13-8-14-23-35)48(41(50)44(40(47)49)28-19-29-44)39(43(4,5)6)46(52,32-36-24-15-9-16-25-36)33-37-26-17-10-18-27-37/h7-18,20-27,38-39,51-52H,19,28-33H2,1-6H3,(H2,47,49)/t38-,39-/m1/s1. The van der Waals surface area contributed by atoms with E-state index in [1.807, 2.05) is 163 Å². The van der Waals surface area contributed by atoms with Crippen LogP contribution < -0.4 is 5.73 Å². The highest BCUT2D eigenvalue weighted by Crippen LogP contribution is 2.50. The average Bonchev–Trinajstić information content (AvgIpc) is 3.04. The topological polar surface area (TPSA) is 104 Å². The van der Waals surface area contributed by atoms with Gasteiger partial charge < -0.3 is 20.8 Å². The molecule has 1 aliphatic carbocycles. The van der Waals surface area contributed by atoms with E-state index in [9.17, 15) is 15.0 Å². The fourth-order valence-electron chi connectivity index (χ4n) is 9.00. The minimum atomic E-state index is -1.54. The van der Waals surface area contributed by atoms with E-state index in [0.29, 0.717) is 19.3 Å². The number of primary amides is 1. The zero-order chi connectivity index (χ0) is 37.8. The molecule has 6 heteroatoms. The minimum Gasteiger partial charge on any atom is -0.387 e. The summed E-state index contributed by atoms with van der Waals surface area (Å²) >= 11 is 0. The summed E-state index contributed by atoms with van der Waals surface area (Å²) < 4.78 is 0. The van der Waals surface area contributed by atoms with Gasteiger partial charge in [-0.2, -0.15) is 0 Å². The molecule has 0 aliphatic heterocycles. The predicted molar refractivity (Wildman–Crippen MR) is 209 cm³/mol. The highest BCUT2D eigenvalue weighted by atomic mass is 16.3. The summed E-state index contributed by atoms with van der Waals surface area (Å²) in [6.07, 6.45) is 2.32. The van der Waals surface area contributed by atoms with Crippen LogP contribution in [-0.2, 0) is 35.3 Å².